The summed E-state index contributed by atoms with van der Waals surface area (Å²) in [6.45, 7) is 3.04. The second-order valence-electron chi connectivity index (χ2n) is 4.99. The number of para-hydroxylation sites is 1. The van der Waals surface area contributed by atoms with Gasteiger partial charge < -0.3 is 15.4 Å². The third kappa shape index (κ3) is 5.66. The van der Waals surface area contributed by atoms with Crippen molar-refractivity contribution in [3.05, 3.63) is 58.1 Å². The van der Waals surface area contributed by atoms with E-state index in [-0.39, 0.29) is 6.03 Å². The standard InChI is InChI=1S/C17H18Cl2N2O2/c1-12-6-8-13(9-7-12)23-11-3-10-20-17(22)21-16-14(18)4-2-5-15(16)19/h2,4-9H,3,10-11H2,1H3,(H2,20,21,22). The molecule has 4 nitrogen and oxygen atoms in total. The molecule has 0 fully saturated rings. The first-order chi connectivity index (χ1) is 11.1. The van der Waals surface area contributed by atoms with E-state index < -0.39 is 0 Å². The number of ether oxygens (including phenoxy) is 1. The third-order valence-electron chi connectivity index (χ3n) is 3.10. The minimum atomic E-state index is -0.352. The van der Waals surface area contributed by atoms with Crippen molar-refractivity contribution < 1.29 is 9.53 Å². The van der Waals surface area contributed by atoms with Crippen LogP contribution in [0.15, 0.2) is 42.5 Å². The number of anilines is 1. The highest BCUT2D eigenvalue weighted by Gasteiger charge is 2.08. The quantitative estimate of drug-likeness (QED) is 0.727. The van der Waals surface area contributed by atoms with Gasteiger partial charge in [0, 0.05) is 6.54 Å². The lowest BCUT2D eigenvalue weighted by atomic mass is 10.2. The van der Waals surface area contributed by atoms with Crippen LogP contribution >= 0.6 is 23.2 Å². The van der Waals surface area contributed by atoms with Gasteiger partial charge in [0.15, 0.2) is 0 Å². The van der Waals surface area contributed by atoms with Crippen molar-refractivity contribution in [2.45, 2.75) is 13.3 Å². The lowest BCUT2D eigenvalue weighted by molar-refractivity contribution is 0.250. The van der Waals surface area contributed by atoms with E-state index in [9.17, 15) is 4.79 Å². The molecular formula is C17H18Cl2N2O2. The maximum atomic E-state index is 11.8. The summed E-state index contributed by atoms with van der Waals surface area (Å²) < 4.78 is 5.59. The second kappa shape index (κ2) is 8.65. The normalized spacial score (nSPS) is 10.2. The van der Waals surface area contributed by atoms with Crippen LogP contribution in [0.5, 0.6) is 5.75 Å². The zero-order valence-corrected chi connectivity index (χ0v) is 14.2. The average molecular weight is 353 g/mol. The Morgan fingerprint density at radius 3 is 2.39 bits per heavy atom. The Balaban J connectivity index is 1.68. The lowest BCUT2D eigenvalue weighted by Gasteiger charge is -2.11. The minimum absolute atomic E-state index is 0.352. The monoisotopic (exact) mass is 352 g/mol. The highest BCUT2D eigenvalue weighted by Crippen LogP contribution is 2.29. The highest BCUT2D eigenvalue weighted by atomic mass is 35.5. The summed E-state index contributed by atoms with van der Waals surface area (Å²) in [7, 11) is 0. The Kier molecular flexibility index (Phi) is 6.56. The number of rotatable bonds is 6. The van der Waals surface area contributed by atoms with Crippen LogP contribution < -0.4 is 15.4 Å². The molecule has 0 saturated heterocycles. The van der Waals surface area contributed by atoms with Gasteiger partial charge in [0.25, 0.3) is 0 Å². The molecule has 23 heavy (non-hydrogen) atoms. The van der Waals surface area contributed by atoms with Gasteiger partial charge in [-0.3, -0.25) is 0 Å². The van der Waals surface area contributed by atoms with Crippen LogP contribution in [0.4, 0.5) is 10.5 Å². The molecule has 2 N–H and O–H groups in total. The van der Waals surface area contributed by atoms with E-state index in [0.717, 1.165) is 5.75 Å². The average Bonchev–Trinajstić information content (AvgIpc) is 2.52. The molecule has 0 heterocycles. The van der Waals surface area contributed by atoms with Crippen molar-refractivity contribution >= 4 is 34.9 Å². The number of halogens is 2. The lowest BCUT2D eigenvalue weighted by Crippen LogP contribution is -2.30. The van der Waals surface area contributed by atoms with Crippen LogP contribution in [-0.4, -0.2) is 19.2 Å². The van der Waals surface area contributed by atoms with Crippen molar-refractivity contribution in [3.63, 3.8) is 0 Å². The fourth-order valence-electron chi connectivity index (χ4n) is 1.87. The number of nitrogens with one attached hydrogen (secondary N) is 2. The molecule has 0 aliphatic carbocycles. The smallest absolute Gasteiger partial charge is 0.319 e. The Morgan fingerprint density at radius 1 is 1.09 bits per heavy atom. The SMILES string of the molecule is Cc1ccc(OCCCNC(=O)Nc2c(Cl)cccc2Cl)cc1. The van der Waals surface area contributed by atoms with Gasteiger partial charge in [0.1, 0.15) is 5.75 Å². The fraction of sp³-hybridized carbons (Fsp3) is 0.235. The van der Waals surface area contributed by atoms with Gasteiger partial charge in [0.2, 0.25) is 0 Å². The number of hydrogen-bond donors (Lipinski definition) is 2. The van der Waals surface area contributed by atoms with Crippen LogP contribution in [0.2, 0.25) is 10.0 Å². The summed E-state index contributed by atoms with van der Waals surface area (Å²) in [6, 6.07) is 12.5. The Labute approximate surface area is 145 Å². The maximum absolute atomic E-state index is 11.8. The van der Waals surface area contributed by atoms with Gasteiger partial charge in [-0.1, -0.05) is 47.0 Å². The van der Waals surface area contributed by atoms with Crippen molar-refractivity contribution in [1.29, 1.82) is 0 Å². The summed E-state index contributed by atoms with van der Waals surface area (Å²) in [6.07, 6.45) is 0.692. The van der Waals surface area contributed by atoms with Crippen LogP contribution in [0.3, 0.4) is 0 Å². The van der Waals surface area contributed by atoms with E-state index in [1.807, 2.05) is 31.2 Å². The maximum Gasteiger partial charge on any atom is 0.319 e. The molecule has 0 spiro atoms. The number of carbonyl (C=O) groups excluding carboxylic acids is 1. The molecule has 6 heteroatoms. The molecule has 0 aliphatic rings. The first kappa shape index (κ1) is 17.4. The molecule has 2 amide bonds. The van der Waals surface area contributed by atoms with Crippen molar-refractivity contribution in [3.8, 4) is 5.75 Å². The van der Waals surface area contributed by atoms with E-state index >= 15 is 0 Å². The Hall–Kier alpha value is -1.91. The number of benzene rings is 2. The molecule has 0 saturated carbocycles. The molecule has 0 aromatic heterocycles. The predicted octanol–water partition coefficient (Wildman–Crippen LogP) is 4.89. The molecule has 2 aromatic carbocycles. The van der Waals surface area contributed by atoms with E-state index in [1.54, 1.807) is 18.2 Å². The zero-order valence-electron chi connectivity index (χ0n) is 12.7. The van der Waals surface area contributed by atoms with Gasteiger partial charge in [-0.05, 0) is 37.6 Å². The number of carbonyl (C=O) groups is 1. The molecule has 0 unspecified atom stereocenters. The summed E-state index contributed by atoms with van der Waals surface area (Å²) in [4.78, 5) is 11.8. The number of amides is 2. The largest absolute Gasteiger partial charge is 0.494 e. The predicted molar refractivity (Wildman–Crippen MR) is 94.8 cm³/mol. The van der Waals surface area contributed by atoms with E-state index in [2.05, 4.69) is 10.6 Å². The molecule has 122 valence electrons. The fourth-order valence-corrected chi connectivity index (χ4v) is 2.37. The Bertz CT molecular complexity index is 640. The molecule has 2 aromatic rings. The first-order valence-electron chi connectivity index (χ1n) is 7.24. The second-order valence-corrected chi connectivity index (χ2v) is 5.81. The summed E-state index contributed by atoms with van der Waals surface area (Å²) in [5.41, 5.74) is 1.60. The van der Waals surface area contributed by atoms with Gasteiger partial charge in [-0.25, -0.2) is 4.79 Å². The third-order valence-corrected chi connectivity index (χ3v) is 3.73. The minimum Gasteiger partial charge on any atom is -0.494 e. The summed E-state index contributed by atoms with van der Waals surface area (Å²) in [5.74, 6) is 0.822. The summed E-state index contributed by atoms with van der Waals surface area (Å²) in [5, 5.41) is 6.17. The van der Waals surface area contributed by atoms with Crippen molar-refractivity contribution in [2.75, 3.05) is 18.5 Å². The van der Waals surface area contributed by atoms with Crippen molar-refractivity contribution in [2.24, 2.45) is 0 Å². The Morgan fingerprint density at radius 2 is 1.74 bits per heavy atom. The van der Waals surface area contributed by atoms with Gasteiger partial charge in [-0.2, -0.15) is 0 Å². The van der Waals surface area contributed by atoms with Crippen LogP contribution in [0.25, 0.3) is 0 Å². The number of hydrogen-bond acceptors (Lipinski definition) is 2. The van der Waals surface area contributed by atoms with E-state index in [4.69, 9.17) is 27.9 Å². The number of urea groups is 1. The zero-order chi connectivity index (χ0) is 16.7. The first-order valence-corrected chi connectivity index (χ1v) is 8.00. The molecule has 0 atom stereocenters. The van der Waals surface area contributed by atoms with E-state index in [0.29, 0.717) is 35.3 Å². The van der Waals surface area contributed by atoms with Crippen LogP contribution in [0.1, 0.15) is 12.0 Å². The molecular weight excluding hydrogens is 335 g/mol. The molecule has 2 rings (SSSR count). The van der Waals surface area contributed by atoms with Crippen LogP contribution in [0, 0.1) is 6.92 Å². The molecule has 0 aliphatic heterocycles. The van der Waals surface area contributed by atoms with Crippen molar-refractivity contribution in [1.82, 2.24) is 5.32 Å². The topological polar surface area (TPSA) is 50.4 Å². The van der Waals surface area contributed by atoms with Crippen LogP contribution in [-0.2, 0) is 0 Å². The number of aryl methyl sites for hydroxylation is 1. The van der Waals surface area contributed by atoms with Gasteiger partial charge >= 0.3 is 6.03 Å². The molecule has 0 radical (unpaired) electrons. The highest BCUT2D eigenvalue weighted by molar-refractivity contribution is 6.39. The van der Waals surface area contributed by atoms with Gasteiger partial charge in [-0.15, -0.1) is 0 Å². The summed E-state index contributed by atoms with van der Waals surface area (Å²) >= 11 is 12.0. The van der Waals surface area contributed by atoms with Gasteiger partial charge in [0.05, 0.1) is 22.3 Å². The van der Waals surface area contributed by atoms with E-state index in [1.165, 1.54) is 5.56 Å². The molecule has 0 bridgehead atoms.